The molecule has 0 spiro atoms. The summed E-state index contributed by atoms with van der Waals surface area (Å²) in [6.45, 7) is 8.08. The van der Waals surface area contributed by atoms with Crippen molar-refractivity contribution in [2.75, 3.05) is 24.3 Å². The van der Waals surface area contributed by atoms with Crippen molar-refractivity contribution in [3.63, 3.8) is 0 Å². The van der Waals surface area contributed by atoms with Crippen LogP contribution in [0.4, 0.5) is 16.2 Å². The molecule has 112 valence electrons. The summed E-state index contributed by atoms with van der Waals surface area (Å²) < 4.78 is 11.0. The molecule has 0 bridgehead atoms. The Hall–Kier alpha value is -1.91. The third kappa shape index (κ3) is 4.64. The van der Waals surface area contributed by atoms with Crippen LogP contribution in [0.2, 0.25) is 0 Å². The van der Waals surface area contributed by atoms with E-state index in [1.165, 1.54) is 4.90 Å². The number of amides is 1. The molecule has 1 aromatic carbocycles. The van der Waals surface area contributed by atoms with E-state index in [2.05, 4.69) is 0 Å². The lowest BCUT2D eigenvalue weighted by Crippen LogP contribution is -2.34. The molecule has 0 saturated heterocycles. The molecule has 0 radical (unpaired) electrons. The molecule has 1 aromatic rings. The fraction of sp³-hybridized carbons (Fsp3) is 0.533. The molecule has 5 heteroatoms. The van der Waals surface area contributed by atoms with E-state index in [-0.39, 0.29) is 0 Å². The highest BCUT2D eigenvalue weighted by Gasteiger charge is 2.22. The highest BCUT2D eigenvalue weighted by Crippen LogP contribution is 2.31. The Morgan fingerprint density at radius 1 is 1.35 bits per heavy atom. The molecule has 2 N–H and O–H groups in total. The van der Waals surface area contributed by atoms with Crippen LogP contribution >= 0.6 is 0 Å². The second-order valence-corrected chi connectivity index (χ2v) is 5.61. The number of nitrogen functional groups attached to an aromatic ring is 1. The molecule has 0 aliphatic heterocycles. The molecule has 5 nitrogen and oxygen atoms in total. The van der Waals surface area contributed by atoms with E-state index in [0.29, 0.717) is 23.7 Å². The van der Waals surface area contributed by atoms with Crippen LogP contribution < -0.4 is 15.4 Å². The molecule has 0 aliphatic carbocycles. The van der Waals surface area contributed by atoms with Gasteiger partial charge in [0.1, 0.15) is 11.4 Å². The summed E-state index contributed by atoms with van der Waals surface area (Å²) in [5.74, 6) is 0.620. The summed E-state index contributed by atoms with van der Waals surface area (Å²) in [6.07, 6.45) is 0.449. The number of ether oxygens (including phenoxy) is 2. The number of anilines is 2. The van der Waals surface area contributed by atoms with Crippen molar-refractivity contribution in [3.05, 3.63) is 18.2 Å². The largest absolute Gasteiger partial charge is 0.491 e. The Morgan fingerprint density at radius 3 is 2.55 bits per heavy atom. The number of nitrogens with two attached hydrogens (primary N) is 1. The van der Waals surface area contributed by atoms with Crippen molar-refractivity contribution in [2.24, 2.45) is 0 Å². The highest BCUT2D eigenvalue weighted by molar-refractivity contribution is 5.90. The van der Waals surface area contributed by atoms with Crippen molar-refractivity contribution in [1.82, 2.24) is 0 Å². The van der Waals surface area contributed by atoms with Crippen LogP contribution in [0.3, 0.4) is 0 Å². The van der Waals surface area contributed by atoms with Crippen molar-refractivity contribution in [3.8, 4) is 5.75 Å². The maximum Gasteiger partial charge on any atom is 0.414 e. The Morgan fingerprint density at radius 2 is 2.00 bits per heavy atom. The van der Waals surface area contributed by atoms with Gasteiger partial charge in [-0.2, -0.15) is 0 Å². The van der Waals surface area contributed by atoms with E-state index in [9.17, 15) is 4.79 Å². The van der Waals surface area contributed by atoms with Gasteiger partial charge in [0.25, 0.3) is 0 Å². The zero-order valence-corrected chi connectivity index (χ0v) is 12.9. The lowest BCUT2D eigenvalue weighted by molar-refractivity contribution is 0.0588. The molecule has 0 saturated carbocycles. The normalized spacial score (nSPS) is 11.1. The SMILES string of the molecule is CCCOc1ccc(N)cc1N(C)C(=O)OC(C)(C)C. The van der Waals surface area contributed by atoms with Crippen LogP contribution in [0.25, 0.3) is 0 Å². The van der Waals surface area contributed by atoms with Gasteiger partial charge in [0.15, 0.2) is 0 Å². The first-order valence-electron chi connectivity index (χ1n) is 6.73. The maximum absolute atomic E-state index is 12.1. The van der Waals surface area contributed by atoms with E-state index in [4.69, 9.17) is 15.2 Å². The van der Waals surface area contributed by atoms with Crippen molar-refractivity contribution in [2.45, 2.75) is 39.7 Å². The predicted octanol–water partition coefficient (Wildman–Crippen LogP) is 3.43. The molecule has 1 amide bonds. The summed E-state index contributed by atoms with van der Waals surface area (Å²) in [6, 6.07) is 5.22. The Kier molecular flexibility index (Phi) is 5.25. The van der Waals surface area contributed by atoms with E-state index in [1.807, 2.05) is 27.7 Å². The third-order valence-corrected chi connectivity index (χ3v) is 2.47. The highest BCUT2D eigenvalue weighted by atomic mass is 16.6. The Bertz CT molecular complexity index is 467. The summed E-state index contributed by atoms with van der Waals surface area (Å²) in [4.78, 5) is 13.5. The van der Waals surface area contributed by atoms with Gasteiger partial charge in [0.05, 0.1) is 12.3 Å². The molecule has 0 heterocycles. The van der Waals surface area contributed by atoms with Gasteiger partial charge in [-0.25, -0.2) is 4.79 Å². The lowest BCUT2D eigenvalue weighted by atomic mass is 10.2. The van der Waals surface area contributed by atoms with Crippen LogP contribution in [0.1, 0.15) is 34.1 Å². The van der Waals surface area contributed by atoms with Crippen molar-refractivity contribution < 1.29 is 14.3 Å². The molecule has 1 rings (SSSR count). The predicted molar refractivity (Wildman–Crippen MR) is 81.3 cm³/mol. The monoisotopic (exact) mass is 280 g/mol. The second kappa shape index (κ2) is 6.50. The van der Waals surface area contributed by atoms with Crippen LogP contribution in [-0.4, -0.2) is 25.3 Å². The standard InChI is InChI=1S/C15H24N2O3/c1-6-9-19-13-8-7-11(16)10-12(13)17(5)14(18)20-15(2,3)4/h7-8,10H,6,9,16H2,1-5H3. The van der Waals surface area contributed by atoms with Gasteiger partial charge in [-0.05, 0) is 45.4 Å². The second-order valence-electron chi connectivity index (χ2n) is 5.61. The van der Waals surface area contributed by atoms with Gasteiger partial charge < -0.3 is 15.2 Å². The smallest absolute Gasteiger partial charge is 0.414 e. The molecule has 0 atom stereocenters. The fourth-order valence-electron chi connectivity index (χ4n) is 1.56. The molecule has 0 aromatic heterocycles. The van der Waals surface area contributed by atoms with Gasteiger partial charge in [0.2, 0.25) is 0 Å². The average molecular weight is 280 g/mol. The number of nitrogens with zero attached hydrogens (tertiary/aromatic N) is 1. The van der Waals surface area contributed by atoms with Gasteiger partial charge in [-0.3, -0.25) is 4.90 Å². The zero-order valence-electron chi connectivity index (χ0n) is 12.9. The number of carbonyl (C=O) groups excluding carboxylic acids is 1. The van der Waals surface area contributed by atoms with E-state index >= 15 is 0 Å². The van der Waals surface area contributed by atoms with Crippen LogP contribution in [0, 0.1) is 0 Å². The molecule has 0 fully saturated rings. The minimum Gasteiger partial charge on any atom is -0.491 e. The first-order chi connectivity index (χ1) is 9.24. The van der Waals surface area contributed by atoms with E-state index in [0.717, 1.165) is 6.42 Å². The van der Waals surface area contributed by atoms with Gasteiger partial charge in [-0.15, -0.1) is 0 Å². The number of rotatable bonds is 4. The molecule has 20 heavy (non-hydrogen) atoms. The first kappa shape index (κ1) is 16.1. The van der Waals surface area contributed by atoms with Crippen LogP contribution in [0.5, 0.6) is 5.75 Å². The third-order valence-electron chi connectivity index (χ3n) is 2.47. The lowest BCUT2D eigenvalue weighted by Gasteiger charge is -2.26. The van der Waals surface area contributed by atoms with Gasteiger partial charge in [0, 0.05) is 12.7 Å². The van der Waals surface area contributed by atoms with Crippen LogP contribution in [0.15, 0.2) is 18.2 Å². The van der Waals surface area contributed by atoms with Crippen LogP contribution in [-0.2, 0) is 4.74 Å². The number of benzene rings is 1. The molecule has 0 unspecified atom stereocenters. The average Bonchev–Trinajstić information content (AvgIpc) is 2.34. The fourth-order valence-corrected chi connectivity index (χ4v) is 1.56. The first-order valence-corrected chi connectivity index (χ1v) is 6.73. The van der Waals surface area contributed by atoms with Gasteiger partial charge in [-0.1, -0.05) is 6.92 Å². The Balaban J connectivity index is 2.98. The van der Waals surface area contributed by atoms with E-state index in [1.54, 1.807) is 25.2 Å². The number of hydrogen-bond donors (Lipinski definition) is 1. The maximum atomic E-state index is 12.1. The minimum absolute atomic E-state index is 0.440. The molecule has 0 aliphatic rings. The molecular formula is C15H24N2O3. The van der Waals surface area contributed by atoms with Crippen molar-refractivity contribution >= 4 is 17.5 Å². The summed E-state index contributed by atoms with van der Waals surface area (Å²) in [5.41, 5.74) is 6.41. The quantitative estimate of drug-likeness (QED) is 0.858. The summed E-state index contributed by atoms with van der Waals surface area (Å²) in [5, 5.41) is 0. The number of hydrogen-bond acceptors (Lipinski definition) is 4. The number of carbonyl (C=O) groups is 1. The minimum atomic E-state index is -0.546. The Labute approximate surface area is 120 Å². The summed E-state index contributed by atoms with van der Waals surface area (Å²) >= 11 is 0. The van der Waals surface area contributed by atoms with E-state index < -0.39 is 11.7 Å². The topological polar surface area (TPSA) is 64.8 Å². The molecular weight excluding hydrogens is 256 g/mol. The summed E-state index contributed by atoms with van der Waals surface area (Å²) in [7, 11) is 1.64. The zero-order chi connectivity index (χ0) is 15.3. The van der Waals surface area contributed by atoms with Gasteiger partial charge >= 0.3 is 6.09 Å². The van der Waals surface area contributed by atoms with Crippen molar-refractivity contribution in [1.29, 1.82) is 0 Å².